The van der Waals surface area contributed by atoms with E-state index < -0.39 is 6.10 Å². The monoisotopic (exact) mass is 234 g/mol. The molecule has 1 fully saturated rings. The van der Waals surface area contributed by atoms with E-state index in [-0.39, 0.29) is 11.4 Å². The lowest BCUT2D eigenvalue weighted by Gasteiger charge is -2.19. The lowest BCUT2D eigenvalue weighted by Crippen LogP contribution is -2.21. The molecule has 1 heterocycles. The van der Waals surface area contributed by atoms with E-state index in [1.54, 1.807) is 0 Å². The smallest absolute Gasteiger partial charge is 0.347 e. The van der Waals surface area contributed by atoms with E-state index in [0.29, 0.717) is 13.0 Å². The third kappa shape index (κ3) is 2.78. The highest BCUT2D eigenvalue weighted by Gasteiger charge is 2.28. The van der Waals surface area contributed by atoms with E-state index >= 15 is 0 Å². The summed E-state index contributed by atoms with van der Waals surface area (Å²) in [4.78, 5) is 11.3. The number of hydrogen-bond acceptors (Lipinski definition) is 3. The number of esters is 1. The predicted molar refractivity (Wildman–Crippen MR) is 65.1 cm³/mol. The van der Waals surface area contributed by atoms with Crippen LogP contribution in [0.2, 0.25) is 0 Å². The van der Waals surface area contributed by atoms with Crippen molar-refractivity contribution in [2.24, 2.45) is 0 Å². The van der Waals surface area contributed by atoms with Crippen LogP contribution in [0.3, 0.4) is 0 Å². The summed E-state index contributed by atoms with van der Waals surface area (Å²) in [6, 6.07) is 7.89. The molecule has 3 nitrogen and oxygen atoms in total. The van der Waals surface area contributed by atoms with E-state index in [1.807, 2.05) is 24.3 Å². The summed E-state index contributed by atoms with van der Waals surface area (Å²) in [5, 5.41) is 0. The highest BCUT2D eigenvalue weighted by molar-refractivity contribution is 5.76. The number of carbonyl (C=O) groups is 1. The topological polar surface area (TPSA) is 35.5 Å². The SMILES string of the molecule is CC(C)(C)c1ccc(OC2CCOC2=O)cc1. The summed E-state index contributed by atoms with van der Waals surface area (Å²) in [5.41, 5.74) is 1.38. The highest BCUT2D eigenvalue weighted by atomic mass is 16.6. The van der Waals surface area contributed by atoms with Gasteiger partial charge in [0.2, 0.25) is 0 Å². The largest absolute Gasteiger partial charge is 0.479 e. The fourth-order valence-corrected chi connectivity index (χ4v) is 1.78. The van der Waals surface area contributed by atoms with Crippen molar-refractivity contribution in [2.75, 3.05) is 6.61 Å². The molecule has 0 bridgehead atoms. The van der Waals surface area contributed by atoms with Crippen LogP contribution in [0.5, 0.6) is 5.75 Å². The molecule has 1 aromatic carbocycles. The number of carbonyl (C=O) groups excluding carboxylic acids is 1. The first kappa shape index (κ1) is 12.0. The van der Waals surface area contributed by atoms with Gasteiger partial charge in [-0.25, -0.2) is 4.79 Å². The van der Waals surface area contributed by atoms with Gasteiger partial charge in [0.15, 0.2) is 6.10 Å². The maximum absolute atomic E-state index is 11.3. The number of ether oxygens (including phenoxy) is 2. The van der Waals surface area contributed by atoms with Crippen LogP contribution in [0, 0.1) is 0 Å². The fourth-order valence-electron chi connectivity index (χ4n) is 1.78. The van der Waals surface area contributed by atoms with Gasteiger partial charge in [0.25, 0.3) is 0 Å². The summed E-state index contributed by atoms with van der Waals surface area (Å²) < 4.78 is 10.4. The van der Waals surface area contributed by atoms with Crippen LogP contribution in [-0.2, 0) is 14.9 Å². The third-order valence-electron chi connectivity index (χ3n) is 2.89. The molecule has 0 aliphatic carbocycles. The standard InChI is InChI=1S/C14H18O3/c1-14(2,3)10-4-6-11(7-5-10)17-12-8-9-16-13(12)15/h4-7,12H,8-9H2,1-3H3. The Hall–Kier alpha value is -1.51. The summed E-state index contributed by atoms with van der Waals surface area (Å²) in [7, 11) is 0. The van der Waals surface area contributed by atoms with Crippen molar-refractivity contribution in [3.05, 3.63) is 29.8 Å². The van der Waals surface area contributed by atoms with Gasteiger partial charge in [-0.15, -0.1) is 0 Å². The van der Waals surface area contributed by atoms with Crippen molar-refractivity contribution in [2.45, 2.75) is 38.7 Å². The molecular formula is C14H18O3. The van der Waals surface area contributed by atoms with Crippen LogP contribution < -0.4 is 4.74 Å². The van der Waals surface area contributed by atoms with Crippen molar-refractivity contribution in [3.63, 3.8) is 0 Å². The highest BCUT2D eigenvalue weighted by Crippen LogP contribution is 2.25. The van der Waals surface area contributed by atoms with Crippen LogP contribution in [0.25, 0.3) is 0 Å². The van der Waals surface area contributed by atoms with Crippen LogP contribution >= 0.6 is 0 Å². The average Bonchev–Trinajstić information content (AvgIpc) is 2.64. The summed E-state index contributed by atoms with van der Waals surface area (Å²) in [6.45, 7) is 6.95. The molecule has 0 amide bonds. The van der Waals surface area contributed by atoms with Gasteiger partial charge in [-0.05, 0) is 23.1 Å². The molecule has 0 saturated carbocycles. The second-order valence-electron chi connectivity index (χ2n) is 5.34. The zero-order valence-corrected chi connectivity index (χ0v) is 10.5. The van der Waals surface area contributed by atoms with Gasteiger partial charge in [0, 0.05) is 6.42 Å². The normalized spacial score (nSPS) is 20.2. The van der Waals surface area contributed by atoms with Crippen LogP contribution in [-0.4, -0.2) is 18.7 Å². The van der Waals surface area contributed by atoms with E-state index in [0.717, 1.165) is 5.75 Å². The Morgan fingerprint density at radius 3 is 2.35 bits per heavy atom. The maximum atomic E-state index is 11.3. The molecule has 0 spiro atoms. The number of cyclic esters (lactones) is 1. The Labute approximate surface area is 102 Å². The second-order valence-corrected chi connectivity index (χ2v) is 5.34. The van der Waals surface area contributed by atoms with Crippen molar-refractivity contribution in [1.82, 2.24) is 0 Å². The predicted octanol–water partition coefficient (Wildman–Crippen LogP) is 2.68. The van der Waals surface area contributed by atoms with Crippen molar-refractivity contribution >= 4 is 5.97 Å². The molecule has 0 radical (unpaired) electrons. The number of hydrogen-bond donors (Lipinski definition) is 0. The first-order chi connectivity index (χ1) is 7.97. The van der Waals surface area contributed by atoms with Crippen LogP contribution in [0.1, 0.15) is 32.8 Å². The number of benzene rings is 1. The maximum Gasteiger partial charge on any atom is 0.347 e. The lowest BCUT2D eigenvalue weighted by molar-refractivity contribution is -0.143. The molecule has 1 aliphatic rings. The molecule has 17 heavy (non-hydrogen) atoms. The molecule has 1 atom stereocenters. The van der Waals surface area contributed by atoms with Gasteiger partial charge in [-0.1, -0.05) is 32.9 Å². The lowest BCUT2D eigenvalue weighted by atomic mass is 9.87. The van der Waals surface area contributed by atoms with Crippen molar-refractivity contribution in [1.29, 1.82) is 0 Å². The summed E-state index contributed by atoms with van der Waals surface area (Å²) >= 11 is 0. The minimum absolute atomic E-state index is 0.130. The molecule has 1 unspecified atom stereocenters. The molecule has 0 N–H and O–H groups in total. The van der Waals surface area contributed by atoms with E-state index in [9.17, 15) is 4.79 Å². The molecule has 1 saturated heterocycles. The summed E-state index contributed by atoms with van der Waals surface area (Å²) in [6.07, 6.45) is 0.204. The minimum Gasteiger partial charge on any atom is -0.479 e. The zero-order chi connectivity index (χ0) is 12.5. The Morgan fingerprint density at radius 1 is 1.24 bits per heavy atom. The van der Waals surface area contributed by atoms with Crippen LogP contribution in [0.4, 0.5) is 0 Å². The van der Waals surface area contributed by atoms with Gasteiger partial charge in [0.1, 0.15) is 5.75 Å². The third-order valence-corrected chi connectivity index (χ3v) is 2.89. The van der Waals surface area contributed by atoms with Gasteiger partial charge in [-0.3, -0.25) is 0 Å². The Bertz CT molecular complexity index is 400. The molecular weight excluding hydrogens is 216 g/mol. The minimum atomic E-state index is -0.435. The zero-order valence-electron chi connectivity index (χ0n) is 10.5. The first-order valence-corrected chi connectivity index (χ1v) is 5.91. The van der Waals surface area contributed by atoms with E-state index in [4.69, 9.17) is 9.47 Å². The van der Waals surface area contributed by atoms with Gasteiger partial charge in [-0.2, -0.15) is 0 Å². The molecule has 1 aliphatic heterocycles. The summed E-state index contributed by atoms with van der Waals surface area (Å²) in [5.74, 6) is 0.465. The molecule has 3 heteroatoms. The number of rotatable bonds is 2. The molecule has 2 rings (SSSR count). The molecule has 0 aromatic heterocycles. The van der Waals surface area contributed by atoms with E-state index in [2.05, 4.69) is 20.8 Å². The van der Waals surface area contributed by atoms with Gasteiger partial charge >= 0.3 is 5.97 Å². The first-order valence-electron chi connectivity index (χ1n) is 5.91. The van der Waals surface area contributed by atoms with Gasteiger partial charge < -0.3 is 9.47 Å². The van der Waals surface area contributed by atoms with Crippen LogP contribution in [0.15, 0.2) is 24.3 Å². The Morgan fingerprint density at radius 2 is 1.88 bits per heavy atom. The Balaban J connectivity index is 2.06. The Kier molecular flexibility index (Phi) is 3.09. The molecule has 1 aromatic rings. The van der Waals surface area contributed by atoms with E-state index in [1.165, 1.54) is 5.56 Å². The quantitative estimate of drug-likeness (QED) is 0.738. The van der Waals surface area contributed by atoms with Crippen molar-refractivity contribution < 1.29 is 14.3 Å². The van der Waals surface area contributed by atoms with Gasteiger partial charge in [0.05, 0.1) is 6.61 Å². The average molecular weight is 234 g/mol. The second kappa shape index (κ2) is 4.40. The fraction of sp³-hybridized carbons (Fsp3) is 0.500. The molecule has 92 valence electrons. The van der Waals surface area contributed by atoms with Crippen molar-refractivity contribution in [3.8, 4) is 5.75 Å².